The molecule has 6 nitrogen and oxygen atoms in total. The summed E-state index contributed by atoms with van der Waals surface area (Å²) in [7, 11) is 1.47. The molecule has 2 aliphatic heterocycles. The third-order valence-electron chi connectivity index (χ3n) is 5.14. The molecule has 0 saturated carbocycles. The van der Waals surface area contributed by atoms with Gasteiger partial charge in [-0.1, -0.05) is 23.2 Å². The second-order valence-corrected chi connectivity index (χ2v) is 7.50. The number of carbonyl (C=O) groups is 3. The third kappa shape index (κ3) is 2.57. The SMILES string of the molecule is CN1C(=O)c2ccc(Cl)cc2N2C(=O)CCC12C(=O)Nc1ccc(F)c(Cl)c1. The van der Waals surface area contributed by atoms with Crippen molar-refractivity contribution in [2.24, 2.45) is 0 Å². The van der Waals surface area contributed by atoms with Gasteiger partial charge in [-0.2, -0.15) is 0 Å². The number of benzene rings is 2. The summed E-state index contributed by atoms with van der Waals surface area (Å²) in [5.74, 6) is -1.91. The summed E-state index contributed by atoms with van der Waals surface area (Å²) in [4.78, 5) is 41.5. The summed E-state index contributed by atoms with van der Waals surface area (Å²) < 4.78 is 13.4. The van der Waals surface area contributed by atoms with Gasteiger partial charge >= 0.3 is 0 Å². The topological polar surface area (TPSA) is 69.7 Å². The summed E-state index contributed by atoms with van der Waals surface area (Å²) in [6.07, 6.45) is 0.196. The average molecular weight is 422 g/mol. The van der Waals surface area contributed by atoms with Crippen molar-refractivity contribution in [2.45, 2.75) is 18.5 Å². The minimum atomic E-state index is -1.55. The number of anilines is 2. The molecule has 2 aromatic rings. The van der Waals surface area contributed by atoms with E-state index >= 15 is 0 Å². The Kier molecular flexibility index (Phi) is 4.32. The molecule has 4 rings (SSSR count). The second kappa shape index (κ2) is 6.46. The maximum absolute atomic E-state index is 13.4. The van der Waals surface area contributed by atoms with E-state index in [0.29, 0.717) is 10.7 Å². The van der Waals surface area contributed by atoms with Crippen LogP contribution in [0.25, 0.3) is 0 Å². The highest BCUT2D eigenvalue weighted by Crippen LogP contribution is 2.45. The number of nitrogens with one attached hydrogen (secondary N) is 1. The molecule has 1 atom stereocenters. The molecular weight excluding hydrogens is 408 g/mol. The zero-order chi connectivity index (χ0) is 20.2. The highest BCUT2D eigenvalue weighted by atomic mass is 35.5. The summed E-state index contributed by atoms with van der Waals surface area (Å²) >= 11 is 11.9. The zero-order valence-electron chi connectivity index (χ0n) is 14.6. The Balaban J connectivity index is 1.81. The predicted molar refractivity (Wildman–Crippen MR) is 103 cm³/mol. The minimum absolute atomic E-state index is 0.0845. The highest BCUT2D eigenvalue weighted by Gasteiger charge is 2.59. The van der Waals surface area contributed by atoms with Crippen molar-refractivity contribution in [2.75, 3.05) is 17.3 Å². The van der Waals surface area contributed by atoms with Crippen LogP contribution in [0.3, 0.4) is 0 Å². The molecule has 9 heteroatoms. The van der Waals surface area contributed by atoms with E-state index in [9.17, 15) is 18.8 Å². The van der Waals surface area contributed by atoms with Crippen LogP contribution in [-0.2, 0) is 9.59 Å². The Morgan fingerprint density at radius 1 is 1.18 bits per heavy atom. The Hall–Kier alpha value is -2.64. The number of fused-ring (bicyclic) bond motifs is 3. The van der Waals surface area contributed by atoms with Gasteiger partial charge in [0.25, 0.3) is 11.8 Å². The quantitative estimate of drug-likeness (QED) is 0.803. The largest absolute Gasteiger partial charge is 0.322 e. The molecule has 0 bridgehead atoms. The number of carbonyl (C=O) groups excluding carboxylic acids is 3. The van der Waals surface area contributed by atoms with E-state index in [0.717, 1.165) is 6.07 Å². The van der Waals surface area contributed by atoms with Crippen LogP contribution in [0, 0.1) is 5.82 Å². The van der Waals surface area contributed by atoms with Gasteiger partial charge in [0.1, 0.15) is 5.82 Å². The smallest absolute Gasteiger partial charge is 0.271 e. The summed E-state index contributed by atoms with van der Waals surface area (Å²) in [5, 5.41) is 2.84. The molecule has 1 fully saturated rings. The standard InChI is InChI=1S/C19H14Cl2FN3O3/c1-24-17(27)12-4-2-10(20)8-15(12)25-16(26)6-7-19(24,25)18(28)23-11-3-5-14(22)13(21)9-11/h2-5,8-9H,6-7H2,1H3,(H,23,28). The van der Waals surface area contributed by atoms with Crippen molar-refractivity contribution in [1.29, 1.82) is 0 Å². The third-order valence-corrected chi connectivity index (χ3v) is 5.66. The number of nitrogens with zero attached hydrogens (tertiary/aromatic N) is 2. The van der Waals surface area contributed by atoms with Gasteiger partial charge in [-0.3, -0.25) is 19.3 Å². The Bertz CT molecular complexity index is 1050. The molecule has 2 aliphatic rings. The molecule has 28 heavy (non-hydrogen) atoms. The molecule has 1 N–H and O–H groups in total. The summed E-state index contributed by atoms with van der Waals surface area (Å²) in [6.45, 7) is 0. The molecule has 144 valence electrons. The lowest BCUT2D eigenvalue weighted by Crippen LogP contribution is -2.68. The van der Waals surface area contributed by atoms with Crippen LogP contribution in [0.1, 0.15) is 23.2 Å². The van der Waals surface area contributed by atoms with Crippen molar-refractivity contribution in [3.8, 4) is 0 Å². The number of halogens is 3. The van der Waals surface area contributed by atoms with E-state index in [4.69, 9.17) is 23.2 Å². The fourth-order valence-electron chi connectivity index (χ4n) is 3.75. The molecule has 0 aliphatic carbocycles. The van der Waals surface area contributed by atoms with Crippen molar-refractivity contribution in [3.63, 3.8) is 0 Å². The monoisotopic (exact) mass is 421 g/mol. The van der Waals surface area contributed by atoms with Crippen LogP contribution in [0.5, 0.6) is 0 Å². The minimum Gasteiger partial charge on any atom is -0.322 e. The fourth-order valence-corrected chi connectivity index (χ4v) is 4.10. The Labute approximate surface area is 169 Å². The molecular formula is C19H14Cl2FN3O3. The van der Waals surface area contributed by atoms with E-state index in [1.165, 1.54) is 41.1 Å². The molecule has 1 saturated heterocycles. The lowest BCUT2D eigenvalue weighted by Gasteiger charge is -2.47. The maximum atomic E-state index is 13.4. The van der Waals surface area contributed by atoms with Crippen LogP contribution in [-0.4, -0.2) is 35.3 Å². The summed E-state index contributed by atoms with van der Waals surface area (Å²) in [6, 6.07) is 8.33. The second-order valence-electron chi connectivity index (χ2n) is 6.65. The van der Waals surface area contributed by atoms with Crippen molar-refractivity contribution in [3.05, 3.63) is 57.8 Å². The van der Waals surface area contributed by atoms with Crippen LogP contribution >= 0.6 is 23.2 Å². The van der Waals surface area contributed by atoms with Gasteiger partial charge in [0.2, 0.25) is 11.6 Å². The van der Waals surface area contributed by atoms with Crippen LogP contribution in [0.15, 0.2) is 36.4 Å². The first-order valence-corrected chi connectivity index (χ1v) is 9.18. The Morgan fingerprint density at radius 2 is 1.93 bits per heavy atom. The first-order valence-electron chi connectivity index (χ1n) is 8.43. The number of likely N-dealkylation sites (N-methyl/N-ethyl adjacent to an activating group) is 1. The van der Waals surface area contributed by atoms with Crippen molar-refractivity contribution in [1.82, 2.24) is 4.90 Å². The van der Waals surface area contributed by atoms with Gasteiger partial charge < -0.3 is 10.2 Å². The first kappa shape index (κ1) is 18.7. The van der Waals surface area contributed by atoms with E-state index in [1.807, 2.05) is 0 Å². The molecule has 0 radical (unpaired) electrons. The fraction of sp³-hybridized carbons (Fsp3) is 0.211. The van der Waals surface area contributed by atoms with E-state index in [2.05, 4.69) is 5.32 Å². The van der Waals surface area contributed by atoms with Crippen molar-refractivity contribution < 1.29 is 18.8 Å². The Morgan fingerprint density at radius 3 is 2.64 bits per heavy atom. The van der Waals surface area contributed by atoms with Gasteiger partial charge in [0.15, 0.2) is 0 Å². The molecule has 0 spiro atoms. The number of amides is 3. The number of hydrogen-bond donors (Lipinski definition) is 1. The van der Waals surface area contributed by atoms with E-state index in [1.54, 1.807) is 6.07 Å². The summed E-state index contributed by atoms with van der Waals surface area (Å²) in [5.41, 5.74) is -0.712. The van der Waals surface area contributed by atoms with Crippen LogP contribution in [0.4, 0.5) is 15.8 Å². The molecule has 2 heterocycles. The lowest BCUT2D eigenvalue weighted by molar-refractivity contribution is -0.128. The average Bonchev–Trinajstić information content (AvgIpc) is 3.01. The van der Waals surface area contributed by atoms with Crippen LogP contribution in [0.2, 0.25) is 10.0 Å². The molecule has 0 aromatic heterocycles. The predicted octanol–water partition coefficient (Wildman–Crippen LogP) is 3.68. The highest BCUT2D eigenvalue weighted by molar-refractivity contribution is 6.32. The van der Waals surface area contributed by atoms with Gasteiger partial charge in [-0.15, -0.1) is 0 Å². The molecule has 1 unspecified atom stereocenters. The number of hydrogen-bond acceptors (Lipinski definition) is 3. The number of rotatable bonds is 2. The van der Waals surface area contributed by atoms with Gasteiger partial charge in [0, 0.05) is 30.6 Å². The van der Waals surface area contributed by atoms with Gasteiger partial charge in [0.05, 0.1) is 16.3 Å². The van der Waals surface area contributed by atoms with E-state index < -0.39 is 23.3 Å². The zero-order valence-corrected chi connectivity index (χ0v) is 16.1. The maximum Gasteiger partial charge on any atom is 0.271 e. The van der Waals surface area contributed by atoms with E-state index in [-0.39, 0.29) is 35.0 Å². The van der Waals surface area contributed by atoms with Gasteiger partial charge in [-0.25, -0.2) is 4.39 Å². The normalized spacial score (nSPS) is 20.9. The van der Waals surface area contributed by atoms with Crippen molar-refractivity contribution >= 4 is 52.3 Å². The van der Waals surface area contributed by atoms with Crippen LogP contribution < -0.4 is 10.2 Å². The van der Waals surface area contributed by atoms with Gasteiger partial charge in [-0.05, 0) is 36.4 Å². The molecule has 3 amide bonds. The lowest BCUT2D eigenvalue weighted by atomic mass is 9.96. The first-order chi connectivity index (χ1) is 13.3. The molecule has 2 aromatic carbocycles.